The number of hydrogen-bond acceptors (Lipinski definition) is 2. The molecule has 0 radical (unpaired) electrons. The predicted octanol–water partition coefficient (Wildman–Crippen LogP) is 9.61. The third-order valence-corrected chi connectivity index (χ3v) is 10.8. The van der Waals surface area contributed by atoms with Crippen LogP contribution in [0.15, 0.2) is 24.3 Å². The Hall–Kier alpha value is -0.860. The normalized spacial score (nSPS) is 23.4. The van der Waals surface area contributed by atoms with Gasteiger partial charge in [-0.3, -0.25) is 9.80 Å². The second-order valence-electron chi connectivity index (χ2n) is 14.2. The average Bonchev–Trinajstić information content (AvgIpc) is 2.96. The maximum absolute atomic E-state index is 2.87. The molecular weight excluding hydrogens is 460 g/mol. The lowest BCUT2D eigenvalue weighted by Crippen LogP contribution is -2.35. The Morgan fingerprint density at radius 1 is 0.368 bits per heavy atom. The molecule has 4 saturated carbocycles. The van der Waals surface area contributed by atoms with Crippen LogP contribution >= 0.6 is 0 Å². The number of rotatable bonds is 12. The van der Waals surface area contributed by atoms with E-state index in [2.05, 4.69) is 34.1 Å². The van der Waals surface area contributed by atoms with Crippen LogP contribution in [-0.4, -0.2) is 36.0 Å². The Morgan fingerprint density at radius 3 is 0.842 bits per heavy atom. The highest BCUT2D eigenvalue weighted by Crippen LogP contribution is 2.30. The molecule has 0 aliphatic heterocycles. The van der Waals surface area contributed by atoms with Gasteiger partial charge in [0.15, 0.2) is 0 Å². The summed E-state index contributed by atoms with van der Waals surface area (Å²) < 4.78 is 0. The second-order valence-corrected chi connectivity index (χ2v) is 14.2. The molecule has 4 aliphatic carbocycles. The van der Waals surface area contributed by atoms with Crippen molar-refractivity contribution in [1.29, 1.82) is 0 Å². The van der Waals surface area contributed by atoms with E-state index in [0.717, 1.165) is 23.7 Å². The van der Waals surface area contributed by atoms with Gasteiger partial charge in [0.05, 0.1) is 0 Å². The minimum Gasteiger partial charge on any atom is -0.299 e. The minimum atomic E-state index is 0.944. The van der Waals surface area contributed by atoms with Crippen LogP contribution in [0.5, 0.6) is 0 Å². The van der Waals surface area contributed by atoms with Crippen LogP contribution in [0, 0.1) is 23.7 Å². The summed E-state index contributed by atoms with van der Waals surface area (Å²) in [6.45, 7) is 7.70. The molecule has 5 rings (SSSR count). The minimum absolute atomic E-state index is 0.944. The zero-order chi connectivity index (χ0) is 25.8. The molecule has 2 heteroatoms. The van der Waals surface area contributed by atoms with Crippen molar-refractivity contribution in [3.63, 3.8) is 0 Å². The van der Waals surface area contributed by atoms with E-state index in [1.807, 2.05) is 0 Å². The molecule has 0 heterocycles. The van der Waals surface area contributed by atoms with Gasteiger partial charge in [-0.25, -0.2) is 0 Å². The fourth-order valence-corrected chi connectivity index (χ4v) is 8.61. The van der Waals surface area contributed by atoms with Crippen molar-refractivity contribution in [3.8, 4) is 0 Å². The van der Waals surface area contributed by atoms with E-state index in [-0.39, 0.29) is 0 Å². The Morgan fingerprint density at radius 2 is 0.605 bits per heavy atom. The summed E-state index contributed by atoms with van der Waals surface area (Å²) in [4.78, 5) is 5.75. The summed E-state index contributed by atoms with van der Waals surface area (Å²) in [5.41, 5.74) is 3.10. The van der Waals surface area contributed by atoms with Crippen LogP contribution in [0.2, 0.25) is 0 Å². The van der Waals surface area contributed by atoms with Gasteiger partial charge >= 0.3 is 0 Å². The summed E-state index contributed by atoms with van der Waals surface area (Å²) in [5, 5.41) is 0. The number of benzene rings is 1. The van der Waals surface area contributed by atoms with Gasteiger partial charge in [-0.05, 0) is 86.2 Å². The lowest BCUT2D eigenvalue weighted by atomic mass is 9.86. The second kappa shape index (κ2) is 15.8. The molecule has 0 spiro atoms. The molecule has 0 unspecified atom stereocenters. The third kappa shape index (κ3) is 9.65. The molecule has 1 aromatic rings. The molecule has 4 fully saturated rings. The van der Waals surface area contributed by atoms with E-state index in [1.54, 1.807) is 11.1 Å². The lowest BCUT2D eigenvalue weighted by Gasteiger charge is -2.34. The van der Waals surface area contributed by atoms with E-state index in [9.17, 15) is 0 Å². The summed E-state index contributed by atoms with van der Waals surface area (Å²) in [6.07, 6.45) is 29.4. The van der Waals surface area contributed by atoms with Crippen molar-refractivity contribution in [3.05, 3.63) is 35.4 Å². The standard InChI is InChI=1S/C36H60N2/c1-5-13-31(14-6-1)25-37(26-32-15-7-2-8-16-32)29-35-21-23-36(24-22-35)30-38(27-33-17-9-3-10-18-33)28-34-19-11-4-12-20-34/h21-24,31-34H,1-20,25-30H2. The summed E-state index contributed by atoms with van der Waals surface area (Å²) in [7, 11) is 0. The molecule has 1 aromatic carbocycles. The van der Waals surface area contributed by atoms with E-state index in [0.29, 0.717) is 0 Å². The first-order chi connectivity index (χ1) is 18.8. The smallest absolute Gasteiger partial charge is 0.0233 e. The molecule has 0 atom stereocenters. The van der Waals surface area contributed by atoms with Gasteiger partial charge in [0.1, 0.15) is 0 Å². The molecule has 2 nitrogen and oxygen atoms in total. The van der Waals surface area contributed by atoms with Crippen LogP contribution in [0.25, 0.3) is 0 Å². The van der Waals surface area contributed by atoms with Crippen LogP contribution in [0.4, 0.5) is 0 Å². The molecular formula is C36H60N2. The molecule has 0 amide bonds. The van der Waals surface area contributed by atoms with Crippen LogP contribution in [0.3, 0.4) is 0 Å². The zero-order valence-electron chi connectivity index (χ0n) is 24.9. The SMILES string of the molecule is c1cc(CN(CC2CCCCC2)CC2CCCCC2)ccc1CN(CC1CCCCC1)CC1CCCCC1. The highest BCUT2D eigenvalue weighted by atomic mass is 15.1. The fraction of sp³-hybridized carbons (Fsp3) is 0.833. The molecule has 214 valence electrons. The first-order valence-corrected chi connectivity index (χ1v) is 17.3. The Labute approximate surface area is 236 Å². The van der Waals surface area contributed by atoms with Gasteiger partial charge in [0.25, 0.3) is 0 Å². The first kappa shape index (κ1) is 28.7. The van der Waals surface area contributed by atoms with Gasteiger partial charge in [-0.1, -0.05) is 101 Å². The lowest BCUT2D eigenvalue weighted by molar-refractivity contribution is 0.152. The van der Waals surface area contributed by atoms with Gasteiger partial charge < -0.3 is 0 Å². The summed E-state index contributed by atoms with van der Waals surface area (Å²) in [6, 6.07) is 9.96. The molecule has 0 aromatic heterocycles. The van der Waals surface area contributed by atoms with Crippen LogP contribution in [-0.2, 0) is 13.1 Å². The Bertz CT molecular complexity index is 643. The summed E-state index contributed by atoms with van der Waals surface area (Å²) in [5.74, 6) is 3.78. The predicted molar refractivity (Wildman–Crippen MR) is 163 cm³/mol. The molecule has 0 bridgehead atoms. The van der Waals surface area contributed by atoms with E-state index in [4.69, 9.17) is 0 Å². The maximum Gasteiger partial charge on any atom is 0.0233 e. The maximum atomic E-state index is 2.87. The van der Waals surface area contributed by atoms with Crippen molar-refractivity contribution in [1.82, 2.24) is 9.80 Å². The van der Waals surface area contributed by atoms with Gasteiger partial charge in [0, 0.05) is 39.3 Å². The third-order valence-electron chi connectivity index (χ3n) is 10.8. The van der Waals surface area contributed by atoms with Crippen LogP contribution in [0.1, 0.15) is 140 Å². The Balaban J connectivity index is 1.18. The van der Waals surface area contributed by atoms with Crippen molar-refractivity contribution in [2.75, 3.05) is 26.2 Å². The topological polar surface area (TPSA) is 6.48 Å². The summed E-state index contributed by atoms with van der Waals surface area (Å²) >= 11 is 0. The monoisotopic (exact) mass is 520 g/mol. The highest BCUT2D eigenvalue weighted by molar-refractivity contribution is 5.22. The van der Waals surface area contributed by atoms with Gasteiger partial charge in [0.2, 0.25) is 0 Å². The highest BCUT2D eigenvalue weighted by Gasteiger charge is 2.23. The fourth-order valence-electron chi connectivity index (χ4n) is 8.61. The first-order valence-electron chi connectivity index (χ1n) is 17.3. The van der Waals surface area contributed by atoms with Gasteiger partial charge in [-0.15, -0.1) is 0 Å². The van der Waals surface area contributed by atoms with Crippen LogP contribution < -0.4 is 0 Å². The Kier molecular flexibility index (Phi) is 11.9. The van der Waals surface area contributed by atoms with E-state index in [1.165, 1.54) is 168 Å². The zero-order valence-corrected chi connectivity index (χ0v) is 24.9. The molecule has 38 heavy (non-hydrogen) atoms. The van der Waals surface area contributed by atoms with Gasteiger partial charge in [-0.2, -0.15) is 0 Å². The largest absolute Gasteiger partial charge is 0.299 e. The quantitative estimate of drug-likeness (QED) is 0.271. The van der Waals surface area contributed by atoms with Crippen molar-refractivity contribution in [2.24, 2.45) is 23.7 Å². The molecule has 0 saturated heterocycles. The average molecular weight is 521 g/mol. The van der Waals surface area contributed by atoms with E-state index >= 15 is 0 Å². The van der Waals surface area contributed by atoms with Crippen molar-refractivity contribution in [2.45, 2.75) is 142 Å². The molecule has 0 N–H and O–H groups in total. The number of nitrogens with zero attached hydrogens (tertiary/aromatic N) is 2. The molecule has 4 aliphatic rings. The van der Waals surface area contributed by atoms with Crippen molar-refractivity contribution >= 4 is 0 Å². The van der Waals surface area contributed by atoms with E-state index < -0.39 is 0 Å². The number of hydrogen-bond donors (Lipinski definition) is 0. The van der Waals surface area contributed by atoms with Crippen molar-refractivity contribution < 1.29 is 0 Å².